The summed E-state index contributed by atoms with van der Waals surface area (Å²) < 4.78 is 10.2. The number of carbonyl (C=O) groups excluding carboxylic acids is 1. The highest BCUT2D eigenvalue weighted by atomic mass is 32.1. The number of methoxy groups -OCH3 is 1. The van der Waals surface area contributed by atoms with Crippen molar-refractivity contribution in [3.63, 3.8) is 0 Å². The van der Waals surface area contributed by atoms with E-state index in [0.29, 0.717) is 10.2 Å². The van der Waals surface area contributed by atoms with Crippen LogP contribution in [0.2, 0.25) is 0 Å². The summed E-state index contributed by atoms with van der Waals surface area (Å²) in [6, 6.07) is 4.85. The lowest BCUT2D eigenvalue weighted by Gasteiger charge is -2.09. The Kier molecular flexibility index (Phi) is 4.09. The van der Waals surface area contributed by atoms with Crippen LogP contribution in [0.15, 0.2) is 21.3 Å². The van der Waals surface area contributed by atoms with E-state index in [0.717, 1.165) is 31.2 Å². The zero-order valence-electron chi connectivity index (χ0n) is 14.0. The van der Waals surface area contributed by atoms with Gasteiger partial charge in [-0.05, 0) is 37.3 Å². The first kappa shape index (κ1) is 16.5. The molecule has 7 nitrogen and oxygen atoms in total. The van der Waals surface area contributed by atoms with Crippen molar-refractivity contribution in [2.45, 2.75) is 31.6 Å². The van der Waals surface area contributed by atoms with Crippen molar-refractivity contribution in [2.75, 3.05) is 7.11 Å². The summed E-state index contributed by atoms with van der Waals surface area (Å²) in [5.41, 5.74) is 0.765. The van der Waals surface area contributed by atoms with Crippen LogP contribution in [0.25, 0.3) is 10.2 Å². The molecular weight excluding hydrogens is 354 g/mol. The van der Waals surface area contributed by atoms with Crippen molar-refractivity contribution in [3.8, 4) is 12.0 Å². The Morgan fingerprint density at radius 1 is 1.42 bits per heavy atom. The van der Waals surface area contributed by atoms with Gasteiger partial charge in [-0.15, -0.1) is 11.3 Å². The number of aryl methyl sites for hydroxylation is 2. The predicted molar refractivity (Wildman–Crippen MR) is 94.8 cm³/mol. The molecule has 26 heavy (non-hydrogen) atoms. The Balaban J connectivity index is 1.78. The first-order valence-corrected chi connectivity index (χ1v) is 9.06. The van der Waals surface area contributed by atoms with Gasteiger partial charge in [0.25, 0.3) is 11.5 Å². The molecular formula is C18H15N3O4S. The molecule has 1 N–H and O–H groups in total. The minimum atomic E-state index is -1.25. The van der Waals surface area contributed by atoms with Gasteiger partial charge in [-0.25, -0.2) is 4.98 Å². The van der Waals surface area contributed by atoms with Crippen LogP contribution in [-0.4, -0.2) is 22.9 Å². The van der Waals surface area contributed by atoms with E-state index < -0.39 is 11.7 Å². The van der Waals surface area contributed by atoms with Gasteiger partial charge in [-0.3, -0.25) is 9.59 Å². The highest BCUT2D eigenvalue weighted by Crippen LogP contribution is 2.34. The Bertz CT molecular complexity index is 1100. The fraction of sp³-hybridized carbons (Fsp3) is 0.333. The Morgan fingerprint density at radius 2 is 2.23 bits per heavy atom. The Morgan fingerprint density at radius 3 is 2.96 bits per heavy atom. The maximum atomic E-state index is 12.6. The van der Waals surface area contributed by atoms with Gasteiger partial charge >= 0.3 is 0 Å². The third-order valence-electron chi connectivity index (χ3n) is 4.53. The Hall–Kier alpha value is -2.92. The van der Waals surface area contributed by atoms with Gasteiger partial charge in [0.05, 0.1) is 18.6 Å². The molecule has 1 atom stereocenters. The number of Topliss-reactive ketones (excluding diaryl/α,β-unsaturated/α-hetero) is 1. The second-order valence-corrected chi connectivity index (χ2v) is 7.18. The van der Waals surface area contributed by atoms with E-state index in [2.05, 4.69) is 9.97 Å². The molecule has 0 aliphatic heterocycles. The average molecular weight is 369 g/mol. The van der Waals surface area contributed by atoms with Crippen LogP contribution in [-0.2, 0) is 12.8 Å². The van der Waals surface area contributed by atoms with Crippen molar-refractivity contribution in [1.82, 2.24) is 9.97 Å². The smallest absolute Gasteiger partial charge is 0.284 e. The number of carbonyl (C=O) groups is 1. The number of aromatic nitrogens is 2. The normalized spacial score (nSPS) is 14.6. The molecule has 132 valence electrons. The van der Waals surface area contributed by atoms with Crippen LogP contribution in [0, 0.1) is 11.3 Å². The number of nitrogens with zero attached hydrogens (tertiary/aromatic N) is 2. The van der Waals surface area contributed by atoms with Gasteiger partial charge in [-0.2, -0.15) is 5.26 Å². The number of nitriles is 1. The number of aromatic amines is 1. The molecule has 0 radical (unpaired) electrons. The van der Waals surface area contributed by atoms with Crippen LogP contribution in [0.1, 0.15) is 45.6 Å². The van der Waals surface area contributed by atoms with Crippen LogP contribution in [0.5, 0.6) is 5.95 Å². The van der Waals surface area contributed by atoms with E-state index in [4.69, 9.17) is 9.15 Å². The quantitative estimate of drug-likeness (QED) is 0.708. The maximum Gasteiger partial charge on any atom is 0.284 e. The van der Waals surface area contributed by atoms with Gasteiger partial charge in [0.2, 0.25) is 5.78 Å². The number of hydrogen-bond donors (Lipinski definition) is 1. The molecule has 0 bridgehead atoms. The molecule has 3 heterocycles. The minimum Gasteiger partial charge on any atom is -0.468 e. The van der Waals surface area contributed by atoms with Gasteiger partial charge in [0.1, 0.15) is 10.7 Å². The molecule has 8 heteroatoms. The van der Waals surface area contributed by atoms with Crippen LogP contribution in [0.3, 0.4) is 0 Å². The van der Waals surface area contributed by atoms with E-state index >= 15 is 0 Å². The van der Waals surface area contributed by atoms with Crippen molar-refractivity contribution in [3.05, 3.63) is 44.5 Å². The summed E-state index contributed by atoms with van der Waals surface area (Å²) in [5.74, 6) is -1.61. The van der Waals surface area contributed by atoms with E-state index in [9.17, 15) is 14.9 Å². The van der Waals surface area contributed by atoms with Crippen molar-refractivity contribution in [2.24, 2.45) is 0 Å². The number of fused-ring (bicyclic) bond motifs is 3. The molecule has 4 rings (SSSR count). The number of H-pyrrole nitrogens is 1. The van der Waals surface area contributed by atoms with E-state index in [1.165, 1.54) is 35.5 Å². The molecule has 0 saturated heterocycles. The molecule has 1 unspecified atom stereocenters. The molecule has 0 spiro atoms. The van der Waals surface area contributed by atoms with E-state index in [1.54, 1.807) is 0 Å². The van der Waals surface area contributed by atoms with Crippen LogP contribution >= 0.6 is 11.3 Å². The molecule has 0 fully saturated rings. The summed E-state index contributed by atoms with van der Waals surface area (Å²) in [5, 5.41) is 10.1. The molecule has 0 aromatic carbocycles. The van der Waals surface area contributed by atoms with Gasteiger partial charge in [0, 0.05) is 10.9 Å². The standard InChI is InChI=1S/C18H15N3O4S/c1-24-13-7-6-11(25-13)15(22)10(8-19)16-20-17(23)14-9-4-2-3-5-12(9)26-18(14)21-16/h6-7,10H,2-5H2,1H3,(H,20,21,23). The number of hydrogen-bond acceptors (Lipinski definition) is 7. The third-order valence-corrected chi connectivity index (χ3v) is 5.72. The zero-order valence-corrected chi connectivity index (χ0v) is 14.8. The first-order valence-electron chi connectivity index (χ1n) is 8.24. The topological polar surface area (TPSA) is 109 Å². The lowest BCUT2D eigenvalue weighted by molar-refractivity contribution is 0.0943. The summed E-state index contributed by atoms with van der Waals surface area (Å²) in [6.45, 7) is 0. The fourth-order valence-corrected chi connectivity index (χ4v) is 4.53. The average Bonchev–Trinajstić information content (AvgIpc) is 3.26. The van der Waals surface area contributed by atoms with Crippen LogP contribution in [0.4, 0.5) is 0 Å². The largest absolute Gasteiger partial charge is 0.468 e. The molecule has 0 saturated carbocycles. The molecule has 3 aromatic rings. The highest BCUT2D eigenvalue weighted by molar-refractivity contribution is 7.18. The lowest BCUT2D eigenvalue weighted by atomic mass is 9.97. The molecule has 0 amide bonds. The number of furan rings is 1. The summed E-state index contributed by atoms with van der Waals surface area (Å²) in [4.78, 5) is 34.1. The number of nitrogens with one attached hydrogen (secondary N) is 1. The first-order chi connectivity index (χ1) is 12.6. The monoisotopic (exact) mass is 369 g/mol. The summed E-state index contributed by atoms with van der Waals surface area (Å²) >= 11 is 1.48. The highest BCUT2D eigenvalue weighted by Gasteiger charge is 2.29. The second-order valence-electron chi connectivity index (χ2n) is 6.09. The molecule has 3 aromatic heterocycles. The van der Waals surface area contributed by atoms with Crippen molar-refractivity contribution >= 4 is 27.3 Å². The van der Waals surface area contributed by atoms with E-state index in [-0.39, 0.29) is 23.1 Å². The number of thiophene rings is 1. The van der Waals surface area contributed by atoms with Gasteiger partial charge in [-0.1, -0.05) is 0 Å². The van der Waals surface area contributed by atoms with E-state index in [1.807, 2.05) is 6.07 Å². The number of rotatable bonds is 4. The molecule has 1 aliphatic rings. The zero-order chi connectivity index (χ0) is 18.3. The summed E-state index contributed by atoms with van der Waals surface area (Å²) in [6.07, 6.45) is 3.97. The predicted octanol–water partition coefficient (Wildman–Crippen LogP) is 2.96. The van der Waals surface area contributed by atoms with Crippen molar-refractivity contribution in [1.29, 1.82) is 5.26 Å². The fourth-order valence-electron chi connectivity index (χ4n) is 3.27. The number of ketones is 1. The number of ether oxygens (including phenoxy) is 1. The SMILES string of the molecule is COc1ccc(C(=O)C(C#N)c2nc3sc4c(c3c(=O)[nH]2)CCCC4)o1. The lowest BCUT2D eigenvalue weighted by Crippen LogP contribution is -2.19. The van der Waals surface area contributed by atoms with Gasteiger partial charge in [0.15, 0.2) is 11.7 Å². The van der Waals surface area contributed by atoms with Crippen molar-refractivity contribution < 1.29 is 13.9 Å². The molecule has 1 aliphatic carbocycles. The van der Waals surface area contributed by atoms with Gasteiger partial charge < -0.3 is 14.1 Å². The summed E-state index contributed by atoms with van der Waals surface area (Å²) in [7, 11) is 1.42. The maximum absolute atomic E-state index is 12.6. The Labute approximate surface area is 152 Å². The third kappa shape index (κ3) is 2.61. The van der Waals surface area contributed by atoms with Crippen LogP contribution < -0.4 is 10.3 Å². The second kappa shape index (κ2) is 6.42. The minimum absolute atomic E-state index is 0.0124.